The number of likely N-dealkylation sites (tertiary alicyclic amines) is 1. The lowest BCUT2D eigenvalue weighted by atomic mass is 10.0. The molecule has 4 nitrogen and oxygen atoms in total. The molecule has 0 spiro atoms. The lowest BCUT2D eigenvalue weighted by Crippen LogP contribution is -2.24. The Hall–Kier alpha value is -2.19. The van der Waals surface area contributed by atoms with Gasteiger partial charge in [-0.05, 0) is 42.2 Å². The van der Waals surface area contributed by atoms with Crippen LogP contribution in [-0.4, -0.2) is 29.2 Å². The highest BCUT2D eigenvalue weighted by Gasteiger charge is 2.20. The molecule has 2 aromatic rings. The largest absolute Gasteiger partial charge is 0.392 e. The van der Waals surface area contributed by atoms with Gasteiger partial charge in [0.25, 0.3) is 0 Å². The topological polar surface area (TPSA) is 59.3 Å². The zero-order chi connectivity index (χ0) is 17.6. The highest BCUT2D eigenvalue weighted by Crippen LogP contribution is 2.18. The van der Waals surface area contributed by atoms with E-state index in [1.54, 1.807) is 0 Å². The molecule has 0 radical (unpaired) electrons. The summed E-state index contributed by atoms with van der Waals surface area (Å²) in [6.45, 7) is 5.56. The minimum Gasteiger partial charge on any atom is -0.392 e. The van der Waals surface area contributed by atoms with Gasteiger partial charge < -0.3 is 10.4 Å². The zero-order valence-corrected chi connectivity index (χ0v) is 14.7. The summed E-state index contributed by atoms with van der Waals surface area (Å²) in [6.07, 6.45) is 0.692. The summed E-state index contributed by atoms with van der Waals surface area (Å²) in [6, 6.07) is 18.6. The Bertz CT molecular complexity index is 736. The minimum absolute atomic E-state index is 0.179. The quantitative estimate of drug-likeness (QED) is 0.852. The number of hydrogen-bond donors (Lipinski definition) is 2. The third-order valence-electron chi connectivity index (χ3n) is 4.90. The summed E-state index contributed by atoms with van der Waals surface area (Å²) in [5.74, 6) is 0. The molecule has 130 valence electrons. The maximum Gasteiger partial charge on any atom is 0.0991 e. The van der Waals surface area contributed by atoms with E-state index < -0.39 is 0 Å². The molecule has 1 heterocycles. The van der Waals surface area contributed by atoms with Gasteiger partial charge in [-0.3, -0.25) is 4.90 Å². The molecule has 0 amide bonds. The van der Waals surface area contributed by atoms with Crippen molar-refractivity contribution in [2.24, 2.45) is 0 Å². The Labute approximate surface area is 149 Å². The van der Waals surface area contributed by atoms with Crippen LogP contribution >= 0.6 is 0 Å². The fourth-order valence-electron chi connectivity index (χ4n) is 3.31. The summed E-state index contributed by atoms with van der Waals surface area (Å²) < 4.78 is 0. The van der Waals surface area contributed by atoms with Gasteiger partial charge in [0.2, 0.25) is 0 Å². The molecule has 0 unspecified atom stereocenters. The van der Waals surface area contributed by atoms with E-state index in [1.807, 2.05) is 24.3 Å². The average Bonchev–Trinajstić information content (AvgIpc) is 3.05. The molecule has 4 heteroatoms. The van der Waals surface area contributed by atoms with Crippen LogP contribution in [0.4, 0.5) is 0 Å². The van der Waals surface area contributed by atoms with Gasteiger partial charge in [-0.2, -0.15) is 5.26 Å². The number of hydrogen-bond acceptors (Lipinski definition) is 4. The van der Waals surface area contributed by atoms with Crippen LogP contribution in [0.3, 0.4) is 0 Å². The Kier molecular flexibility index (Phi) is 5.83. The molecular formula is C21H25N3O. The minimum atomic E-state index is -0.179. The molecule has 3 rings (SSSR count). The van der Waals surface area contributed by atoms with Gasteiger partial charge in [-0.15, -0.1) is 0 Å². The number of nitrogens with one attached hydrogen (secondary N) is 1. The standard InChI is InChI=1S/C21H25N3O/c1-16(18-8-6-17(12-22)7-9-18)23-13-19-4-2-3-5-20(19)14-24-11-10-21(25)15-24/h2-9,16,21,23,25H,10-11,13-15H2,1H3/t16-,21-/m0/s1. The van der Waals surface area contributed by atoms with E-state index in [-0.39, 0.29) is 12.1 Å². The Morgan fingerprint density at radius 2 is 1.92 bits per heavy atom. The second kappa shape index (κ2) is 8.26. The van der Waals surface area contributed by atoms with Crippen molar-refractivity contribution >= 4 is 0 Å². The van der Waals surface area contributed by atoms with Crippen molar-refractivity contribution in [3.63, 3.8) is 0 Å². The van der Waals surface area contributed by atoms with Crippen LogP contribution in [0.1, 0.15) is 41.6 Å². The van der Waals surface area contributed by atoms with Crippen molar-refractivity contribution in [3.05, 3.63) is 70.8 Å². The molecule has 1 saturated heterocycles. The number of aliphatic hydroxyl groups excluding tert-OH is 1. The molecule has 1 aliphatic rings. The lowest BCUT2D eigenvalue weighted by Gasteiger charge is -2.20. The van der Waals surface area contributed by atoms with Crippen LogP contribution in [0.5, 0.6) is 0 Å². The Morgan fingerprint density at radius 1 is 1.20 bits per heavy atom. The Morgan fingerprint density at radius 3 is 2.56 bits per heavy atom. The predicted molar refractivity (Wildman–Crippen MR) is 98.8 cm³/mol. The molecule has 2 atom stereocenters. The predicted octanol–water partition coefficient (Wildman–Crippen LogP) is 2.98. The third-order valence-corrected chi connectivity index (χ3v) is 4.90. The SMILES string of the molecule is C[C@H](NCc1ccccc1CN1CC[C@H](O)C1)c1ccc(C#N)cc1. The van der Waals surface area contributed by atoms with Crippen LogP contribution in [-0.2, 0) is 13.1 Å². The third kappa shape index (κ3) is 4.67. The van der Waals surface area contributed by atoms with Crippen LogP contribution < -0.4 is 5.32 Å². The Balaban J connectivity index is 1.61. The lowest BCUT2D eigenvalue weighted by molar-refractivity contribution is 0.174. The van der Waals surface area contributed by atoms with Crippen molar-refractivity contribution in [3.8, 4) is 6.07 Å². The molecule has 2 N–H and O–H groups in total. The van der Waals surface area contributed by atoms with Gasteiger partial charge >= 0.3 is 0 Å². The van der Waals surface area contributed by atoms with Gasteiger partial charge in [-0.1, -0.05) is 36.4 Å². The first-order chi connectivity index (χ1) is 12.2. The average molecular weight is 335 g/mol. The summed E-state index contributed by atoms with van der Waals surface area (Å²) >= 11 is 0. The molecule has 0 aliphatic carbocycles. The summed E-state index contributed by atoms with van der Waals surface area (Å²) in [5.41, 5.74) is 4.48. The monoisotopic (exact) mass is 335 g/mol. The molecular weight excluding hydrogens is 310 g/mol. The van der Waals surface area contributed by atoms with E-state index in [4.69, 9.17) is 5.26 Å². The zero-order valence-electron chi connectivity index (χ0n) is 14.7. The molecule has 2 aromatic carbocycles. The van der Waals surface area contributed by atoms with Crippen LogP contribution in [0.25, 0.3) is 0 Å². The van der Waals surface area contributed by atoms with E-state index >= 15 is 0 Å². The van der Waals surface area contributed by atoms with E-state index in [0.29, 0.717) is 5.56 Å². The molecule has 0 saturated carbocycles. The van der Waals surface area contributed by atoms with Gasteiger partial charge in [0, 0.05) is 32.2 Å². The van der Waals surface area contributed by atoms with Crippen LogP contribution in [0.15, 0.2) is 48.5 Å². The highest BCUT2D eigenvalue weighted by atomic mass is 16.3. The van der Waals surface area contributed by atoms with Gasteiger partial charge in [0.05, 0.1) is 17.7 Å². The fraction of sp³-hybridized carbons (Fsp3) is 0.381. The number of benzene rings is 2. The highest BCUT2D eigenvalue weighted by molar-refractivity contribution is 5.33. The second-order valence-electron chi connectivity index (χ2n) is 6.78. The van der Waals surface area contributed by atoms with Crippen LogP contribution in [0, 0.1) is 11.3 Å². The summed E-state index contributed by atoms with van der Waals surface area (Å²) in [5, 5.41) is 22.2. The maximum absolute atomic E-state index is 9.71. The number of nitriles is 1. The molecule has 25 heavy (non-hydrogen) atoms. The van der Waals surface area contributed by atoms with E-state index in [2.05, 4.69) is 47.5 Å². The van der Waals surface area contributed by atoms with Gasteiger partial charge in [0.1, 0.15) is 0 Å². The van der Waals surface area contributed by atoms with Crippen LogP contribution in [0.2, 0.25) is 0 Å². The first-order valence-corrected chi connectivity index (χ1v) is 8.86. The summed E-state index contributed by atoms with van der Waals surface area (Å²) in [4.78, 5) is 2.31. The van der Waals surface area contributed by atoms with Crippen molar-refractivity contribution in [1.82, 2.24) is 10.2 Å². The maximum atomic E-state index is 9.71. The summed E-state index contributed by atoms with van der Waals surface area (Å²) in [7, 11) is 0. The first-order valence-electron chi connectivity index (χ1n) is 8.86. The second-order valence-corrected chi connectivity index (χ2v) is 6.78. The van der Waals surface area contributed by atoms with Gasteiger partial charge in [0.15, 0.2) is 0 Å². The molecule has 0 aromatic heterocycles. The number of nitrogens with zero attached hydrogens (tertiary/aromatic N) is 2. The first kappa shape index (κ1) is 17.6. The number of β-amino-alcohol motifs (C(OH)–C–C–N with tert-alkyl or cyclic N) is 1. The van der Waals surface area contributed by atoms with E-state index in [9.17, 15) is 5.11 Å². The van der Waals surface area contributed by atoms with Crippen molar-refractivity contribution in [1.29, 1.82) is 5.26 Å². The number of aliphatic hydroxyl groups is 1. The van der Waals surface area contributed by atoms with E-state index in [0.717, 1.165) is 32.6 Å². The smallest absolute Gasteiger partial charge is 0.0991 e. The number of rotatable bonds is 6. The fourth-order valence-corrected chi connectivity index (χ4v) is 3.31. The van der Waals surface area contributed by atoms with Crippen molar-refractivity contribution in [2.45, 2.75) is 38.6 Å². The molecule has 1 fully saturated rings. The molecule has 1 aliphatic heterocycles. The van der Waals surface area contributed by atoms with Crippen molar-refractivity contribution in [2.75, 3.05) is 13.1 Å². The van der Waals surface area contributed by atoms with Crippen molar-refractivity contribution < 1.29 is 5.11 Å². The normalized spacial score (nSPS) is 18.8. The molecule has 0 bridgehead atoms. The van der Waals surface area contributed by atoms with E-state index in [1.165, 1.54) is 16.7 Å². The van der Waals surface area contributed by atoms with Gasteiger partial charge in [-0.25, -0.2) is 0 Å².